The van der Waals surface area contributed by atoms with Crippen molar-refractivity contribution < 1.29 is 26.7 Å². The molecule has 9 nitrogen and oxygen atoms in total. The number of methoxy groups -OCH3 is 1. The van der Waals surface area contributed by atoms with E-state index in [1.165, 1.54) is 23.8 Å². The molecule has 1 aromatic carbocycles. The third kappa shape index (κ3) is 3.56. The second-order valence-electron chi connectivity index (χ2n) is 5.25. The van der Waals surface area contributed by atoms with Gasteiger partial charge in [-0.3, -0.25) is 4.79 Å². The number of amides is 1. The molecular weight excluding hydrogens is 384 g/mol. The Labute approximate surface area is 151 Å². The minimum absolute atomic E-state index is 0.163. The van der Waals surface area contributed by atoms with Crippen molar-refractivity contribution in [2.24, 2.45) is 0 Å². The standard InChI is InChI=1S/C15H13F2N5O4S/c1-26-13-7-6-11-19-20-12(22(11)21-13)8-18-14(23)9-4-2-3-5-10(9)27(24,25)15(16)17/h2-7,15H,8H2,1H3,(H,18,23). The molecule has 1 N–H and O–H groups in total. The maximum absolute atomic E-state index is 12.8. The predicted molar refractivity (Wildman–Crippen MR) is 88.1 cm³/mol. The molecule has 0 radical (unpaired) electrons. The normalized spacial score (nSPS) is 11.7. The Morgan fingerprint density at radius 2 is 1.96 bits per heavy atom. The van der Waals surface area contributed by atoms with E-state index in [0.717, 1.165) is 12.1 Å². The van der Waals surface area contributed by atoms with E-state index >= 15 is 0 Å². The molecule has 0 spiro atoms. The van der Waals surface area contributed by atoms with Gasteiger partial charge in [0.2, 0.25) is 15.7 Å². The maximum Gasteiger partial charge on any atom is 0.341 e. The monoisotopic (exact) mass is 397 g/mol. The summed E-state index contributed by atoms with van der Waals surface area (Å²) in [7, 11) is -3.49. The van der Waals surface area contributed by atoms with Crippen LogP contribution in [0.5, 0.6) is 5.88 Å². The predicted octanol–water partition coefficient (Wildman–Crippen LogP) is 1.06. The van der Waals surface area contributed by atoms with Crippen LogP contribution in [0.3, 0.4) is 0 Å². The number of hydrogen-bond acceptors (Lipinski definition) is 7. The first kappa shape index (κ1) is 18.6. The third-order valence-corrected chi connectivity index (χ3v) is 5.03. The third-order valence-electron chi connectivity index (χ3n) is 3.59. The highest BCUT2D eigenvalue weighted by Crippen LogP contribution is 2.22. The Bertz CT molecular complexity index is 1100. The second kappa shape index (κ2) is 7.23. The van der Waals surface area contributed by atoms with E-state index in [1.807, 2.05) is 0 Å². The summed E-state index contributed by atoms with van der Waals surface area (Å²) in [5.74, 6) is -3.95. The van der Waals surface area contributed by atoms with Crippen LogP contribution in [0.4, 0.5) is 8.78 Å². The molecule has 2 heterocycles. The highest BCUT2D eigenvalue weighted by molar-refractivity contribution is 7.91. The van der Waals surface area contributed by atoms with E-state index < -0.39 is 32.0 Å². The lowest BCUT2D eigenvalue weighted by molar-refractivity contribution is 0.0946. The summed E-state index contributed by atoms with van der Waals surface area (Å²) in [5.41, 5.74) is 0.0119. The number of rotatable bonds is 6. The largest absolute Gasteiger partial charge is 0.480 e. The van der Waals surface area contributed by atoms with Gasteiger partial charge in [0.1, 0.15) is 0 Å². The zero-order chi connectivity index (χ0) is 19.6. The van der Waals surface area contributed by atoms with Crippen molar-refractivity contribution in [1.82, 2.24) is 25.1 Å². The van der Waals surface area contributed by atoms with Crippen LogP contribution >= 0.6 is 0 Å². The summed E-state index contributed by atoms with van der Waals surface area (Å²) in [5, 5.41) is 14.3. The highest BCUT2D eigenvalue weighted by Gasteiger charge is 2.30. The van der Waals surface area contributed by atoms with Crippen LogP contribution in [0.15, 0.2) is 41.3 Å². The number of halogens is 2. The first-order chi connectivity index (χ1) is 12.8. The maximum atomic E-state index is 12.8. The van der Waals surface area contributed by atoms with E-state index in [4.69, 9.17) is 4.74 Å². The lowest BCUT2D eigenvalue weighted by atomic mass is 10.2. The van der Waals surface area contributed by atoms with E-state index in [1.54, 1.807) is 12.1 Å². The van der Waals surface area contributed by atoms with Gasteiger partial charge < -0.3 is 10.1 Å². The van der Waals surface area contributed by atoms with Gasteiger partial charge in [0.05, 0.1) is 24.1 Å². The summed E-state index contributed by atoms with van der Waals surface area (Å²) in [6, 6.07) is 7.92. The number of nitrogens with zero attached hydrogens (tertiary/aromatic N) is 4. The zero-order valence-electron chi connectivity index (χ0n) is 13.8. The molecule has 0 atom stereocenters. The summed E-state index contributed by atoms with van der Waals surface area (Å²) >= 11 is 0. The number of aromatic nitrogens is 4. The van der Waals surface area contributed by atoms with Gasteiger partial charge in [-0.2, -0.15) is 13.3 Å². The highest BCUT2D eigenvalue weighted by atomic mass is 32.2. The molecule has 142 valence electrons. The quantitative estimate of drug-likeness (QED) is 0.661. The van der Waals surface area contributed by atoms with Gasteiger partial charge >= 0.3 is 5.76 Å². The lowest BCUT2D eigenvalue weighted by Crippen LogP contribution is -2.27. The van der Waals surface area contributed by atoms with Crippen LogP contribution in [-0.4, -0.2) is 47.0 Å². The van der Waals surface area contributed by atoms with Crippen LogP contribution in [0, 0.1) is 0 Å². The molecule has 12 heteroatoms. The molecule has 3 aromatic rings. The van der Waals surface area contributed by atoms with Crippen molar-refractivity contribution in [3.05, 3.63) is 47.8 Å². The number of ether oxygens (including phenoxy) is 1. The molecule has 0 aliphatic rings. The first-order valence-corrected chi connectivity index (χ1v) is 9.04. The summed E-state index contributed by atoms with van der Waals surface area (Å²) in [6.07, 6.45) is 0. The Kier molecular flexibility index (Phi) is 4.99. The number of sulfone groups is 1. The van der Waals surface area contributed by atoms with Gasteiger partial charge in [-0.05, 0) is 18.2 Å². The van der Waals surface area contributed by atoms with Crippen LogP contribution in [0.25, 0.3) is 5.65 Å². The number of hydrogen-bond donors (Lipinski definition) is 1. The van der Waals surface area contributed by atoms with Crippen molar-refractivity contribution in [1.29, 1.82) is 0 Å². The molecule has 27 heavy (non-hydrogen) atoms. The van der Waals surface area contributed by atoms with Gasteiger partial charge in [-0.1, -0.05) is 12.1 Å². The van der Waals surface area contributed by atoms with Gasteiger partial charge in [-0.25, -0.2) is 8.42 Å². The Balaban J connectivity index is 1.86. The fourth-order valence-electron chi connectivity index (χ4n) is 2.29. The van der Waals surface area contributed by atoms with E-state index in [9.17, 15) is 22.0 Å². The lowest BCUT2D eigenvalue weighted by Gasteiger charge is -2.10. The molecule has 0 fully saturated rings. The van der Waals surface area contributed by atoms with Crippen molar-refractivity contribution in [3.8, 4) is 5.88 Å². The Hall–Kier alpha value is -3.15. The number of alkyl halides is 2. The van der Waals surface area contributed by atoms with Crippen molar-refractivity contribution in [2.45, 2.75) is 17.2 Å². The van der Waals surface area contributed by atoms with Crippen LogP contribution in [0.1, 0.15) is 16.2 Å². The average molecular weight is 397 g/mol. The summed E-state index contributed by atoms with van der Waals surface area (Å²) in [6.45, 7) is -0.163. The fourth-order valence-corrected chi connectivity index (χ4v) is 3.22. The number of benzene rings is 1. The van der Waals surface area contributed by atoms with E-state index in [0.29, 0.717) is 11.5 Å². The number of nitrogens with one attached hydrogen (secondary N) is 1. The van der Waals surface area contributed by atoms with E-state index in [2.05, 4.69) is 20.6 Å². The van der Waals surface area contributed by atoms with Crippen LogP contribution in [-0.2, 0) is 16.4 Å². The van der Waals surface area contributed by atoms with Gasteiger partial charge in [0.25, 0.3) is 5.91 Å². The molecule has 1 amide bonds. The number of carbonyl (C=O) groups is 1. The smallest absolute Gasteiger partial charge is 0.341 e. The van der Waals surface area contributed by atoms with Crippen molar-refractivity contribution in [3.63, 3.8) is 0 Å². The molecule has 2 aromatic heterocycles. The molecule has 0 saturated heterocycles. The molecule has 0 aliphatic heterocycles. The molecule has 3 rings (SSSR count). The molecule has 0 bridgehead atoms. The van der Waals surface area contributed by atoms with Crippen LogP contribution < -0.4 is 10.1 Å². The SMILES string of the molecule is COc1ccc2nnc(CNC(=O)c3ccccc3S(=O)(=O)C(F)F)n2n1. The van der Waals surface area contributed by atoms with Gasteiger partial charge in [0.15, 0.2) is 11.5 Å². The Morgan fingerprint density at radius 3 is 2.67 bits per heavy atom. The molecule has 0 unspecified atom stereocenters. The molecule has 0 saturated carbocycles. The zero-order valence-corrected chi connectivity index (χ0v) is 14.7. The minimum atomic E-state index is -4.92. The molecular formula is C15H13F2N5O4S. The summed E-state index contributed by atoms with van der Waals surface area (Å²) < 4.78 is 55.5. The molecule has 0 aliphatic carbocycles. The first-order valence-electron chi connectivity index (χ1n) is 7.49. The topological polar surface area (TPSA) is 116 Å². The van der Waals surface area contributed by atoms with Gasteiger partial charge in [0, 0.05) is 6.07 Å². The van der Waals surface area contributed by atoms with Crippen molar-refractivity contribution in [2.75, 3.05) is 7.11 Å². The fraction of sp³-hybridized carbons (Fsp3) is 0.200. The average Bonchev–Trinajstić information content (AvgIpc) is 3.08. The summed E-state index contributed by atoms with van der Waals surface area (Å²) in [4.78, 5) is 11.6. The van der Waals surface area contributed by atoms with Crippen molar-refractivity contribution >= 4 is 21.4 Å². The number of carbonyl (C=O) groups excluding carboxylic acids is 1. The number of fused-ring (bicyclic) bond motifs is 1. The van der Waals surface area contributed by atoms with Gasteiger partial charge in [-0.15, -0.1) is 15.3 Å². The van der Waals surface area contributed by atoms with E-state index in [-0.39, 0.29) is 12.4 Å². The Morgan fingerprint density at radius 1 is 1.22 bits per heavy atom. The minimum Gasteiger partial charge on any atom is -0.480 e. The second-order valence-corrected chi connectivity index (χ2v) is 7.13. The van der Waals surface area contributed by atoms with Crippen LogP contribution in [0.2, 0.25) is 0 Å².